The van der Waals surface area contributed by atoms with E-state index in [2.05, 4.69) is 47.7 Å². The zero-order valence-electron chi connectivity index (χ0n) is 17.9. The van der Waals surface area contributed by atoms with E-state index in [1.807, 2.05) is 17.9 Å². The zero-order chi connectivity index (χ0) is 22.2. The van der Waals surface area contributed by atoms with Crippen molar-refractivity contribution in [2.45, 2.75) is 20.3 Å². The highest BCUT2D eigenvalue weighted by Crippen LogP contribution is 2.32. The minimum absolute atomic E-state index is 0.00384. The molecule has 0 radical (unpaired) electrons. The Kier molecular flexibility index (Phi) is 5.19. The van der Waals surface area contributed by atoms with Crippen LogP contribution in [-0.4, -0.2) is 34.8 Å². The summed E-state index contributed by atoms with van der Waals surface area (Å²) in [6, 6.07) is 11.5. The number of aryl methyl sites for hydroxylation is 2. The Labute approximate surface area is 189 Å². The number of carbonyl (C=O) groups excluding carboxylic acids is 2. The number of carbonyl (C=O) groups is 2. The second-order valence-corrected chi connectivity index (χ2v) is 9.09. The maximum Gasteiger partial charge on any atom is 0.291 e. The van der Waals surface area contributed by atoms with Gasteiger partial charge in [-0.25, -0.2) is 0 Å². The average molecular weight is 446 g/mol. The van der Waals surface area contributed by atoms with Crippen LogP contribution in [0.15, 0.2) is 59.4 Å². The van der Waals surface area contributed by atoms with E-state index in [-0.39, 0.29) is 17.6 Å². The van der Waals surface area contributed by atoms with Gasteiger partial charge in [0.15, 0.2) is 5.76 Å². The average Bonchev–Trinajstić information content (AvgIpc) is 3.53. The topological polar surface area (TPSA) is 78.3 Å². The Morgan fingerprint density at radius 3 is 2.81 bits per heavy atom. The molecule has 0 saturated carbocycles. The third kappa shape index (κ3) is 3.76. The molecule has 0 aliphatic carbocycles. The number of thiophene rings is 1. The number of hydrogen-bond acceptors (Lipinski definition) is 4. The molecule has 5 rings (SSSR count). The fourth-order valence-corrected chi connectivity index (χ4v) is 5.12. The third-order valence-electron chi connectivity index (χ3n) is 5.77. The van der Waals surface area contributed by atoms with Crippen molar-refractivity contribution in [1.82, 2.24) is 9.88 Å². The summed E-state index contributed by atoms with van der Waals surface area (Å²) in [6.07, 6.45) is 6.47. The number of anilines is 1. The van der Waals surface area contributed by atoms with Gasteiger partial charge in [-0.2, -0.15) is 0 Å². The number of aromatic amines is 1. The lowest BCUT2D eigenvalue weighted by molar-refractivity contribution is 0.0777. The summed E-state index contributed by atoms with van der Waals surface area (Å²) in [7, 11) is 0. The molecule has 4 aromatic rings. The van der Waals surface area contributed by atoms with E-state index >= 15 is 0 Å². The molecule has 6 nitrogen and oxygen atoms in total. The van der Waals surface area contributed by atoms with E-state index in [9.17, 15) is 9.59 Å². The summed E-state index contributed by atoms with van der Waals surface area (Å²) in [5.41, 5.74) is 5.70. The van der Waals surface area contributed by atoms with Gasteiger partial charge in [0, 0.05) is 35.8 Å². The molecule has 162 valence electrons. The molecule has 0 atom stereocenters. The van der Waals surface area contributed by atoms with Crippen molar-refractivity contribution in [3.05, 3.63) is 82.3 Å². The molecule has 4 heterocycles. The van der Waals surface area contributed by atoms with Crippen LogP contribution in [0.2, 0.25) is 0 Å². The van der Waals surface area contributed by atoms with E-state index in [0.29, 0.717) is 23.0 Å². The van der Waals surface area contributed by atoms with Crippen LogP contribution in [0.4, 0.5) is 5.00 Å². The van der Waals surface area contributed by atoms with Crippen LogP contribution in [0, 0.1) is 13.8 Å². The number of fused-ring (bicyclic) bond motifs is 1. The lowest BCUT2D eigenvalue weighted by Gasteiger charge is -2.26. The first kappa shape index (κ1) is 20.3. The lowest BCUT2D eigenvalue weighted by Crippen LogP contribution is -2.34. The summed E-state index contributed by atoms with van der Waals surface area (Å²) in [5, 5.41) is 4.66. The Morgan fingerprint density at radius 1 is 1.19 bits per heavy atom. The normalized spacial score (nSPS) is 13.9. The van der Waals surface area contributed by atoms with Crippen LogP contribution in [-0.2, 0) is 0 Å². The van der Waals surface area contributed by atoms with E-state index < -0.39 is 0 Å². The summed E-state index contributed by atoms with van der Waals surface area (Å²) < 4.78 is 5.13. The second kappa shape index (κ2) is 8.16. The van der Waals surface area contributed by atoms with Gasteiger partial charge in [0.1, 0.15) is 0 Å². The highest BCUT2D eigenvalue weighted by Gasteiger charge is 2.24. The van der Waals surface area contributed by atoms with Crippen LogP contribution >= 0.6 is 11.3 Å². The molecular weight excluding hydrogens is 422 g/mol. The molecule has 1 aromatic carbocycles. The molecule has 3 aromatic heterocycles. The summed E-state index contributed by atoms with van der Waals surface area (Å²) in [6.45, 7) is 5.21. The molecule has 1 aliphatic rings. The smallest absolute Gasteiger partial charge is 0.291 e. The predicted octanol–water partition coefficient (Wildman–Crippen LogP) is 5.62. The van der Waals surface area contributed by atoms with Gasteiger partial charge in [0.2, 0.25) is 0 Å². The van der Waals surface area contributed by atoms with Crippen molar-refractivity contribution in [2.24, 2.45) is 0 Å². The first-order chi connectivity index (χ1) is 15.5. The van der Waals surface area contributed by atoms with Crippen LogP contribution in [0.5, 0.6) is 0 Å². The number of nitrogens with one attached hydrogen (secondary N) is 2. The molecule has 2 amide bonds. The number of benzene rings is 1. The number of rotatable bonds is 4. The third-order valence-corrected chi connectivity index (χ3v) is 6.91. The minimum Gasteiger partial charge on any atom is -0.459 e. The summed E-state index contributed by atoms with van der Waals surface area (Å²) in [5.74, 6) is -0.0874. The first-order valence-corrected chi connectivity index (χ1v) is 11.3. The molecular formula is C25H23N3O3S. The van der Waals surface area contributed by atoms with Gasteiger partial charge < -0.3 is 19.6 Å². The van der Waals surface area contributed by atoms with Gasteiger partial charge in [0.05, 0.1) is 16.1 Å². The molecule has 0 fully saturated rings. The molecule has 0 unspecified atom stereocenters. The quantitative estimate of drug-likeness (QED) is 0.428. The summed E-state index contributed by atoms with van der Waals surface area (Å²) >= 11 is 1.30. The standard InChI is InChI=1S/C25H23N3O3S/c1-15-5-6-18-19(14-26-20(18)12-15)17-7-9-28(10-8-17)25(30)23-16(2)13-22(32-23)27-24(29)21-4-3-11-31-21/h3-7,11-14,26H,8-10H2,1-2H3,(H,27,29). The van der Waals surface area contributed by atoms with Crippen molar-refractivity contribution < 1.29 is 14.0 Å². The predicted molar refractivity (Wildman–Crippen MR) is 127 cm³/mol. The van der Waals surface area contributed by atoms with Gasteiger partial charge in [-0.1, -0.05) is 18.2 Å². The molecule has 32 heavy (non-hydrogen) atoms. The van der Waals surface area contributed by atoms with E-state index in [1.165, 1.54) is 39.7 Å². The van der Waals surface area contributed by atoms with Crippen molar-refractivity contribution >= 4 is 44.6 Å². The molecule has 7 heteroatoms. The SMILES string of the molecule is Cc1ccc2c(C3=CCN(C(=O)c4sc(NC(=O)c5ccco5)cc4C)CC3)c[nH]c2c1. The molecule has 0 spiro atoms. The Balaban J connectivity index is 1.30. The van der Waals surface area contributed by atoms with Gasteiger partial charge in [0.25, 0.3) is 11.8 Å². The maximum atomic E-state index is 13.2. The van der Waals surface area contributed by atoms with E-state index in [1.54, 1.807) is 12.1 Å². The van der Waals surface area contributed by atoms with Crippen LogP contribution in [0.1, 0.15) is 43.3 Å². The van der Waals surface area contributed by atoms with Crippen molar-refractivity contribution in [3.63, 3.8) is 0 Å². The van der Waals surface area contributed by atoms with Crippen LogP contribution in [0.3, 0.4) is 0 Å². The number of furan rings is 1. The second-order valence-electron chi connectivity index (χ2n) is 8.04. The number of nitrogens with zero attached hydrogens (tertiary/aromatic N) is 1. The minimum atomic E-state index is -0.324. The van der Waals surface area contributed by atoms with Gasteiger partial charge >= 0.3 is 0 Å². The number of aromatic nitrogens is 1. The van der Waals surface area contributed by atoms with Crippen LogP contribution in [0.25, 0.3) is 16.5 Å². The Bertz CT molecular complexity index is 1340. The molecule has 0 saturated heterocycles. The number of H-pyrrole nitrogens is 1. The fourth-order valence-electron chi connectivity index (χ4n) is 4.08. The lowest BCUT2D eigenvalue weighted by atomic mass is 9.98. The number of hydrogen-bond donors (Lipinski definition) is 2. The van der Waals surface area contributed by atoms with Gasteiger partial charge in [-0.3, -0.25) is 9.59 Å². The van der Waals surface area contributed by atoms with Crippen LogP contribution < -0.4 is 5.32 Å². The largest absolute Gasteiger partial charge is 0.459 e. The van der Waals surface area contributed by atoms with Gasteiger partial charge in [-0.05, 0) is 61.2 Å². The zero-order valence-corrected chi connectivity index (χ0v) is 18.7. The Morgan fingerprint density at radius 2 is 2.06 bits per heavy atom. The first-order valence-electron chi connectivity index (χ1n) is 10.5. The van der Waals surface area contributed by atoms with Crippen molar-refractivity contribution in [3.8, 4) is 0 Å². The van der Waals surface area contributed by atoms with E-state index in [0.717, 1.165) is 17.5 Å². The van der Waals surface area contributed by atoms with Crippen molar-refractivity contribution in [2.75, 3.05) is 18.4 Å². The highest BCUT2D eigenvalue weighted by atomic mass is 32.1. The fraction of sp³-hybridized carbons (Fsp3) is 0.200. The molecule has 1 aliphatic heterocycles. The molecule has 2 N–H and O–H groups in total. The monoisotopic (exact) mass is 445 g/mol. The summed E-state index contributed by atoms with van der Waals surface area (Å²) in [4.78, 5) is 31.3. The van der Waals surface area contributed by atoms with Gasteiger partial charge in [-0.15, -0.1) is 11.3 Å². The van der Waals surface area contributed by atoms with E-state index in [4.69, 9.17) is 4.42 Å². The highest BCUT2D eigenvalue weighted by molar-refractivity contribution is 7.18. The maximum absolute atomic E-state index is 13.2. The Hall–Kier alpha value is -3.58. The molecule has 0 bridgehead atoms. The number of amides is 2. The van der Waals surface area contributed by atoms with Crippen molar-refractivity contribution in [1.29, 1.82) is 0 Å².